The Balaban J connectivity index is 1.53. The molecule has 0 spiro atoms. The van der Waals surface area contributed by atoms with Gasteiger partial charge in [-0.15, -0.1) is 0 Å². The van der Waals surface area contributed by atoms with Crippen molar-refractivity contribution in [1.82, 2.24) is 20.2 Å². The predicted molar refractivity (Wildman–Crippen MR) is 123 cm³/mol. The van der Waals surface area contributed by atoms with Gasteiger partial charge in [-0.25, -0.2) is 9.37 Å². The van der Waals surface area contributed by atoms with Crippen molar-refractivity contribution in [3.8, 4) is 0 Å². The van der Waals surface area contributed by atoms with E-state index in [1.807, 2.05) is 31.3 Å². The largest absolute Gasteiger partial charge is 0.373 e. The molecular weight excluding hydrogens is 405 g/mol. The number of rotatable bonds is 7. The van der Waals surface area contributed by atoms with Crippen molar-refractivity contribution in [3.05, 3.63) is 89.6 Å². The summed E-state index contributed by atoms with van der Waals surface area (Å²) < 4.78 is 13.7. The minimum absolute atomic E-state index is 0.186. The third-order valence-electron chi connectivity index (χ3n) is 5.92. The number of amides is 1. The molecule has 2 aromatic heterocycles. The molecule has 2 atom stereocenters. The van der Waals surface area contributed by atoms with Gasteiger partial charge in [0.2, 0.25) is 0 Å². The van der Waals surface area contributed by atoms with Crippen molar-refractivity contribution in [3.63, 3.8) is 0 Å². The Kier molecular flexibility index (Phi) is 7.07. The van der Waals surface area contributed by atoms with Gasteiger partial charge in [0.1, 0.15) is 11.6 Å². The van der Waals surface area contributed by atoms with Gasteiger partial charge < -0.3 is 10.6 Å². The summed E-state index contributed by atoms with van der Waals surface area (Å²) in [5.41, 5.74) is 2.28. The van der Waals surface area contributed by atoms with E-state index in [0.29, 0.717) is 5.56 Å². The van der Waals surface area contributed by atoms with Crippen LogP contribution in [0.25, 0.3) is 0 Å². The van der Waals surface area contributed by atoms with E-state index in [1.165, 1.54) is 12.1 Å². The zero-order valence-corrected chi connectivity index (χ0v) is 18.2. The number of likely N-dealkylation sites (tertiary alicyclic amines) is 1. The highest BCUT2D eigenvalue weighted by atomic mass is 19.1. The second kappa shape index (κ2) is 10.3. The molecule has 0 unspecified atom stereocenters. The molecule has 1 saturated heterocycles. The second-order valence-electron chi connectivity index (χ2n) is 8.11. The van der Waals surface area contributed by atoms with Crippen LogP contribution in [0.2, 0.25) is 0 Å². The predicted octanol–water partition coefficient (Wildman–Crippen LogP) is 4.04. The highest BCUT2D eigenvalue weighted by Crippen LogP contribution is 2.30. The number of carbonyl (C=O) groups is 1. The minimum atomic E-state index is -0.423. The first-order valence-corrected chi connectivity index (χ1v) is 11.0. The lowest BCUT2D eigenvalue weighted by molar-refractivity contribution is 0.0874. The second-order valence-corrected chi connectivity index (χ2v) is 8.11. The van der Waals surface area contributed by atoms with Gasteiger partial charge in [0.15, 0.2) is 0 Å². The lowest BCUT2D eigenvalue weighted by Crippen LogP contribution is -2.43. The number of carbonyl (C=O) groups excluding carboxylic acids is 1. The van der Waals surface area contributed by atoms with Crippen LogP contribution in [0, 0.1) is 11.7 Å². The van der Waals surface area contributed by atoms with E-state index in [9.17, 15) is 9.18 Å². The number of anilines is 1. The van der Waals surface area contributed by atoms with Crippen LogP contribution in [-0.2, 0) is 6.54 Å². The van der Waals surface area contributed by atoms with E-state index in [2.05, 4.69) is 31.6 Å². The summed E-state index contributed by atoms with van der Waals surface area (Å²) in [6, 6.07) is 15.3. The maximum atomic E-state index is 13.7. The van der Waals surface area contributed by atoms with Crippen molar-refractivity contribution in [2.45, 2.75) is 25.4 Å². The summed E-state index contributed by atoms with van der Waals surface area (Å²) in [7, 11) is 1.88. The molecule has 0 radical (unpaired) electrons. The summed E-state index contributed by atoms with van der Waals surface area (Å²) in [6.07, 6.45) is 5.53. The van der Waals surface area contributed by atoms with Crippen LogP contribution in [0.4, 0.5) is 10.2 Å². The quantitative estimate of drug-likeness (QED) is 0.589. The number of benzene rings is 1. The van der Waals surface area contributed by atoms with Gasteiger partial charge in [0.25, 0.3) is 5.91 Å². The lowest BCUT2D eigenvalue weighted by Gasteiger charge is -2.37. The fraction of sp³-hybridized carbons (Fsp3) is 0.320. The molecule has 1 aliphatic heterocycles. The molecule has 1 aromatic carbocycles. The van der Waals surface area contributed by atoms with Gasteiger partial charge in [-0.3, -0.25) is 14.7 Å². The Hall–Kier alpha value is -3.32. The van der Waals surface area contributed by atoms with Crippen LogP contribution in [0.1, 0.15) is 40.5 Å². The molecule has 166 valence electrons. The van der Waals surface area contributed by atoms with Crippen LogP contribution in [-0.4, -0.2) is 40.9 Å². The Morgan fingerprint density at radius 1 is 1.16 bits per heavy atom. The number of nitrogens with zero attached hydrogens (tertiary/aromatic N) is 3. The molecule has 32 heavy (non-hydrogen) atoms. The first kappa shape index (κ1) is 21.9. The molecule has 6 nitrogen and oxygen atoms in total. The maximum absolute atomic E-state index is 13.7. The lowest BCUT2D eigenvalue weighted by atomic mass is 9.88. The SMILES string of the molecule is CNc1ncccc1CN1CCC[C@H]([C@H](NC(=O)c2cccc(F)c2)c2ccccn2)C1. The third-order valence-corrected chi connectivity index (χ3v) is 5.92. The molecule has 3 aromatic rings. The minimum Gasteiger partial charge on any atom is -0.373 e. The van der Waals surface area contributed by atoms with Gasteiger partial charge in [-0.05, 0) is 61.7 Å². The zero-order valence-electron chi connectivity index (χ0n) is 18.2. The van der Waals surface area contributed by atoms with Gasteiger partial charge >= 0.3 is 0 Å². The number of hydrogen-bond donors (Lipinski definition) is 2. The number of aromatic nitrogens is 2. The Bertz CT molecular complexity index is 1050. The smallest absolute Gasteiger partial charge is 0.251 e. The standard InChI is InChI=1S/C25H28FN5O/c1-27-24-20(8-5-13-29-24)17-31-14-6-9-19(16-31)23(22-11-2-3-12-28-22)30-25(32)18-7-4-10-21(26)15-18/h2-5,7-8,10-13,15,19,23H,6,9,14,16-17H2,1H3,(H,27,29)(H,30,32)/t19-,23-/m0/s1. The summed E-state index contributed by atoms with van der Waals surface area (Å²) in [6.45, 7) is 2.59. The maximum Gasteiger partial charge on any atom is 0.251 e. The van der Waals surface area contributed by atoms with Crippen LogP contribution in [0.5, 0.6) is 0 Å². The van der Waals surface area contributed by atoms with Crippen molar-refractivity contribution in [2.75, 3.05) is 25.5 Å². The van der Waals surface area contributed by atoms with E-state index in [1.54, 1.807) is 24.5 Å². The molecule has 7 heteroatoms. The number of piperidine rings is 1. The van der Waals surface area contributed by atoms with Crippen LogP contribution in [0.15, 0.2) is 67.0 Å². The number of pyridine rings is 2. The molecule has 2 N–H and O–H groups in total. The monoisotopic (exact) mass is 433 g/mol. The Morgan fingerprint density at radius 2 is 2.03 bits per heavy atom. The van der Waals surface area contributed by atoms with Crippen molar-refractivity contribution < 1.29 is 9.18 Å². The summed E-state index contributed by atoms with van der Waals surface area (Å²) >= 11 is 0. The topological polar surface area (TPSA) is 70.2 Å². The highest BCUT2D eigenvalue weighted by molar-refractivity contribution is 5.94. The zero-order chi connectivity index (χ0) is 22.3. The molecule has 0 aliphatic carbocycles. The summed E-state index contributed by atoms with van der Waals surface area (Å²) in [5, 5.41) is 6.29. The average Bonchev–Trinajstić information content (AvgIpc) is 2.83. The van der Waals surface area contributed by atoms with Gasteiger partial charge in [-0.2, -0.15) is 0 Å². The summed E-state index contributed by atoms with van der Waals surface area (Å²) in [5.74, 6) is 0.357. The fourth-order valence-corrected chi connectivity index (χ4v) is 4.39. The molecule has 1 aliphatic rings. The molecule has 0 bridgehead atoms. The summed E-state index contributed by atoms with van der Waals surface area (Å²) in [4.78, 5) is 24.3. The first-order chi connectivity index (χ1) is 15.6. The normalized spacial score (nSPS) is 17.5. The number of halogens is 1. The van der Waals surface area contributed by atoms with E-state index in [4.69, 9.17) is 0 Å². The molecule has 4 rings (SSSR count). The molecule has 1 amide bonds. The molecule has 0 saturated carbocycles. The first-order valence-electron chi connectivity index (χ1n) is 11.0. The van der Waals surface area contributed by atoms with E-state index < -0.39 is 5.82 Å². The Labute approximate surface area is 187 Å². The highest BCUT2D eigenvalue weighted by Gasteiger charge is 2.31. The van der Waals surface area contributed by atoms with Gasteiger partial charge in [0, 0.05) is 43.7 Å². The number of hydrogen-bond acceptors (Lipinski definition) is 5. The fourth-order valence-electron chi connectivity index (χ4n) is 4.39. The molecule has 3 heterocycles. The molecular formula is C25H28FN5O. The van der Waals surface area contributed by atoms with Crippen molar-refractivity contribution in [1.29, 1.82) is 0 Å². The van der Waals surface area contributed by atoms with Crippen LogP contribution < -0.4 is 10.6 Å². The van der Waals surface area contributed by atoms with Gasteiger partial charge in [-0.1, -0.05) is 18.2 Å². The van der Waals surface area contributed by atoms with Gasteiger partial charge in [0.05, 0.1) is 11.7 Å². The third kappa shape index (κ3) is 5.29. The van der Waals surface area contributed by atoms with E-state index in [0.717, 1.165) is 49.6 Å². The van der Waals surface area contributed by atoms with E-state index >= 15 is 0 Å². The van der Waals surface area contributed by atoms with Crippen LogP contribution in [0.3, 0.4) is 0 Å². The van der Waals surface area contributed by atoms with Crippen LogP contribution >= 0.6 is 0 Å². The Morgan fingerprint density at radius 3 is 2.81 bits per heavy atom. The molecule has 1 fully saturated rings. The van der Waals surface area contributed by atoms with E-state index in [-0.39, 0.29) is 17.9 Å². The van der Waals surface area contributed by atoms with Crippen molar-refractivity contribution in [2.24, 2.45) is 5.92 Å². The van der Waals surface area contributed by atoms with Crippen molar-refractivity contribution >= 4 is 11.7 Å². The average molecular weight is 434 g/mol. The number of nitrogens with one attached hydrogen (secondary N) is 2.